The smallest absolute Gasteiger partial charge is 0.279 e. The Morgan fingerprint density at radius 3 is 2.14 bits per heavy atom. The summed E-state index contributed by atoms with van der Waals surface area (Å²) in [6, 6.07) is 13.6. The molecule has 0 saturated carbocycles. The number of methoxy groups -OCH3 is 3. The number of anilines is 1. The lowest BCUT2D eigenvalue weighted by Gasteiger charge is -2.29. The fraction of sp³-hybridized carbons (Fsp3) is 0.409. The van der Waals surface area contributed by atoms with Crippen LogP contribution < -0.4 is 29.3 Å². The monoisotopic (exact) mass is 401 g/mol. The molecule has 0 radical (unpaired) electrons. The van der Waals surface area contributed by atoms with Crippen LogP contribution in [0.5, 0.6) is 17.2 Å². The maximum atomic E-state index is 12.3. The number of ether oxygens (including phenoxy) is 3. The topological polar surface area (TPSA) is 65.7 Å². The first-order valence-corrected chi connectivity index (χ1v) is 9.94. The first-order chi connectivity index (χ1) is 14.1. The van der Waals surface area contributed by atoms with Crippen LogP contribution in [0.3, 0.4) is 0 Å². The van der Waals surface area contributed by atoms with Gasteiger partial charge in [0.25, 0.3) is 5.91 Å². The molecule has 0 spiro atoms. The largest absolute Gasteiger partial charge is 0.493 e. The summed E-state index contributed by atoms with van der Waals surface area (Å²) in [6.07, 6.45) is 0. The molecule has 0 unspecified atom stereocenters. The predicted octanol–water partition coefficient (Wildman–Crippen LogP) is -0.365. The Hall–Kier alpha value is -2.77. The van der Waals surface area contributed by atoms with Crippen molar-refractivity contribution in [3.63, 3.8) is 0 Å². The molecule has 7 heteroatoms. The van der Waals surface area contributed by atoms with E-state index in [1.54, 1.807) is 21.3 Å². The molecule has 2 aromatic carbocycles. The molecule has 1 aliphatic rings. The Bertz CT molecular complexity index is 805. The van der Waals surface area contributed by atoms with Crippen LogP contribution in [0.4, 0.5) is 5.69 Å². The van der Waals surface area contributed by atoms with Crippen molar-refractivity contribution >= 4 is 11.6 Å². The zero-order valence-corrected chi connectivity index (χ0v) is 17.4. The molecule has 156 valence electrons. The molecule has 1 fully saturated rings. The average molecular weight is 402 g/mol. The van der Waals surface area contributed by atoms with E-state index >= 15 is 0 Å². The van der Waals surface area contributed by atoms with E-state index in [4.69, 9.17) is 14.2 Å². The first-order valence-electron chi connectivity index (χ1n) is 9.94. The van der Waals surface area contributed by atoms with Gasteiger partial charge < -0.3 is 29.3 Å². The van der Waals surface area contributed by atoms with Crippen LogP contribution >= 0.6 is 0 Å². The molecular weight excluding hydrogens is 370 g/mol. The van der Waals surface area contributed by atoms with E-state index in [9.17, 15) is 4.79 Å². The third-order valence-corrected chi connectivity index (χ3v) is 5.36. The predicted molar refractivity (Wildman–Crippen MR) is 111 cm³/mol. The van der Waals surface area contributed by atoms with Crippen LogP contribution in [0.25, 0.3) is 0 Å². The molecule has 1 heterocycles. The molecule has 3 rings (SSSR count). The summed E-state index contributed by atoms with van der Waals surface area (Å²) < 4.78 is 16.5. The number of carbonyl (C=O) groups is 1. The molecule has 1 amide bonds. The van der Waals surface area contributed by atoms with Crippen LogP contribution in [-0.4, -0.2) is 60.0 Å². The lowest BCUT2D eigenvalue weighted by atomic mass is 10.1. The SMILES string of the molecule is COc1ccc(C[NH+]2CC[NH+](CC(=O)Nc3ccccc3)CC2)c(OC)c1OC. The average Bonchev–Trinajstić information content (AvgIpc) is 2.75. The van der Waals surface area contributed by atoms with Crippen molar-refractivity contribution in [3.8, 4) is 17.2 Å². The number of rotatable bonds is 8. The molecule has 0 bridgehead atoms. The Morgan fingerprint density at radius 1 is 0.862 bits per heavy atom. The minimum absolute atomic E-state index is 0.0659. The van der Waals surface area contributed by atoms with E-state index < -0.39 is 0 Å². The van der Waals surface area contributed by atoms with Gasteiger partial charge in [-0.05, 0) is 24.3 Å². The van der Waals surface area contributed by atoms with Gasteiger partial charge in [-0.25, -0.2) is 0 Å². The van der Waals surface area contributed by atoms with E-state index in [1.165, 1.54) is 9.80 Å². The van der Waals surface area contributed by atoms with E-state index in [-0.39, 0.29) is 5.91 Å². The van der Waals surface area contributed by atoms with Gasteiger partial charge >= 0.3 is 0 Å². The number of piperazine rings is 1. The lowest BCUT2D eigenvalue weighted by molar-refractivity contribution is -1.02. The Morgan fingerprint density at radius 2 is 1.52 bits per heavy atom. The number of nitrogens with one attached hydrogen (secondary N) is 3. The molecule has 0 atom stereocenters. The summed E-state index contributed by atoms with van der Waals surface area (Å²) in [4.78, 5) is 15.1. The van der Waals surface area contributed by atoms with Gasteiger partial charge in [0.15, 0.2) is 18.0 Å². The first kappa shape index (κ1) is 21.0. The summed E-state index contributed by atoms with van der Waals surface area (Å²) in [6.45, 7) is 5.30. The fourth-order valence-electron chi connectivity index (χ4n) is 3.84. The molecule has 3 N–H and O–H groups in total. The Labute approximate surface area is 172 Å². The van der Waals surface area contributed by atoms with E-state index in [2.05, 4.69) is 5.32 Å². The highest BCUT2D eigenvalue weighted by molar-refractivity contribution is 5.91. The number of amides is 1. The highest BCUT2D eigenvalue weighted by atomic mass is 16.5. The lowest BCUT2D eigenvalue weighted by Crippen LogP contribution is -3.28. The van der Waals surface area contributed by atoms with Crippen molar-refractivity contribution in [3.05, 3.63) is 48.0 Å². The standard InChI is InChI=1S/C22H29N3O4/c1-27-19-10-9-17(21(28-2)22(19)29-3)15-24-11-13-25(14-12-24)16-20(26)23-18-7-5-4-6-8-18/h4-10H,11-16H2,1-3H3,(H,23,26)/p+2. The fourth-order valence-corrected chi connectivity index (χ4v) is 3.84. The van der Waals surface area contributed by atoms with Crippen LogP contribution in [0, 0.1) is 0 Å². The number of hydrogen-bond acceptors (Lipinski definition) is 4. The van der Waals surface area contributed by atoms with Gasteiger partial charge in [0.1, 0.15) is 32.7 Å². The van der Waals surface area contributed by atoms with Crippen LogP contribution in [0.2, 0.25) is 0 Å². The van der Waals surface area contributed by atoms with Gasteiger partial charge in [0, 0.05) is 5.69 Å². The molecule has 29 heavy (non-hydrogen) atoms. The summed E-state index contributed by atoms with van der Waals surface area (Å²) in [5, 5.41) is 2.97. The number of quaternary nitrogens is 2. The maximum absolute atomic E-state index is 12.3. The van der Waals surface area contributed by atoms with Gasteiger partial charge in [-0.2, -0.15) is 0 Å². The third kappa shape index (κ3) is 5.40. The highest BCUT2D eigenvalue weighted by Crippen LogP contribution is 2.39. The normalized spacial score (nSPS) is 18.7. The van der Waals surface area contributed by atoms with Crippen molar-refractivity contribution in [2.24, 2.45) is 0 Å². The highest BCUT2D eigenvalue weighted by Gasteiger charge is 2.27. The number of benzene rings is 2. The Kier molecular flexibility index (Phi) is 7.32. The zero-order valence-electron chi connectivity index (χ0n) is 17.4. The number of carbonyl (C=O) groups excluding carboxylic acids is 1. The van der Waals surface area contributed by atoms with Gasteiger partial charge in [0.05, 0.1) is 26.9 Å². The van der Waals surface area contributed by atoms with Gasteiger partial charge in [-0.1, -0.05) is 18.2 Å². The van der Waals surface area contributed by atoms with Crippen LogP contribution in [0.15, 0.2) is 42.5 Å². The second-order valence-electron chi connectivity index (χ2n) is 7.26. The molecule has 1 aliphatic heterocycles. The van der Waals surface area contributed by atoms with E-state index in [0.717, 1.165) is 49.7 Å². The van der Waals surface area contributed by atoms with Crippen molar-refractivity contribution in [2.75, 3.05) is 59.4 Å². The van der Waals surface area contributed by atoms with Crippen molar-refractivity contribution in [1.82, 2.24) is 0 Å². The van der Waals surface area contributed by atoms with Crippen molar-refractivity contribution in [2.45, 2.75) is 6.54 Å². The van der Waals surface area contributed by atoms with E-state index in [1.807, 2.05) is 42.5 Å². The summed E-state index contributed by atoms with van der Waals surface area (Å²) in [5.41, 5.74) is 1.95. The van der Waals surface area contributed by atoms with Gasteiger partial charge in [-0.3, -0.25) is 4.79 Å². The van der Waals surface area contributed by atoms with Gasteiger partial charge in [0.2, 0.25) is 5.75 Å². The summed E-state index contributed by atoms with van der Waals surface area (Å²) in [5.74, 6) is 2.10. The molecule has 0 aliphatic carbocycles. The second-order valence-corrected chi connectivity index (χ2v) is 7.26. The zero-order chi connectivity index (χ0) is 20.6. The van der Waals surface area contributed by atoms with Crippen molar-refractivity contribution in [1.29, 1.82) is 0 Å². The van der Waals surface area contributed by atoms with Crippen LogP contribution in [-0.2, 0) is 11.3 Å². The number of para-hydroxylation sites is 1. The maximum Gasteiger partial charge on any atom is 0.279 e. The van der Waals surface area contributed by atoms with E-state index in [0.29, 0.717) is 18.0 Å². The third-order valence-electron chi connectivity index (χ3n) is 5.36. The van der Waals surface area contributed by atoms with Crippen molar-refractivity contribution < 1.29 is 28.8 Å². The van der Waals surface area contributed by atoms with Crippen LogP contribution in [0.1, 0.15) is 5.56 Å². The minimum atomic E-state index is 0.0659. The molecule has 0 aromatic heterocycles. The minimum Gasteiger partial charge on any atom is -0.493 e. The molecule has 2 aromatic rings. The number of hydrogen-bond donors (Lipinski definition) is 3. The quantitative estimate of drug-likeness (QED) is 0.565. The summed E-state index contributed by atoms with van der Waals surface area (Å²) >= 11 is 0. The molecule has 1 saturated heterocycles. The second kappa shape index (κ2) is 10.1. The Balaban J connectivity index is 1.53. The van der Waals surface area contributed by atoms with Gasteiger partial charge in [-0.15, -0.1) is 0 Å². The molecular formula is C22H31N3O4+2. The summed E-state index contributed by atoms with van der Waals surface area (Å²) in [7, 11) is 4.90. The molecule has 7 nitrogen and oxygen atoms in total.